The lowest BCUT2D eigenvalue weighted by atomic mass is 10.2. The molecule has 0 bridgehead atoms. The van der Waals surface area contributed by atoms with Crippen LogP contribution in [0.4, 0.5) is 4.79 Å². The van der Waals surface area contributed by atoms with Gasteiger partial charge in [-0.2, -0.15) is 11.8 Å². The number of ether oxygens (including phenoxy) is 1. The summed E-state index contributed by atoms with van der Waals surface area (Å²) in [7, 11) is 0. The van der Waals surface area contributed by atoms with Crippen molar-refractivity contribution >= 4 is 17.9 Å². The molecule has 0 saturated heterocycles. The third-order valence-electron chi connectivity index (χ3n) is 1.23. The van der Waals surface area contributed by atoms with Crippen LogP contribution >= 0.6 is 11.8 Å². The van der Waals surface area contributed by atoms with Crippen molar-refractivity contribution in [1.82, 2.24) is 0 Å². The maximum Gasteiger partial charge on any atom is 0.411 e. The van der Waals surface area contributed by atoms with E-state index < -0.39 is 6.09 Å². The predicted molar refractivity (Wildman–Crippen MR) is 50.5 cm³/mol. The van der Waals surface area contributed by atoms with Crippen molar-refractivity contribution in [2.75, 3.05) is 6.26 Å². The lowest BCUT2D eigenvalue weighted by molar-refractivity contribution is 0.185. The highest BCUT2D eigenvalue weighted by Crippen LogP contribution is 2.23. The maximum atomic E-state index is 10.3. The second-order valence-electron chi connectivity index (χ2n) is 2.78. The van der Waals surface area contributed by atoms with Crippen LogP contribution in [-0.2, 0) is 4.74 Å². The van der Waals surface area contributed by atoms with E-state index in [2.05, 4.69) is 4.74 Å². The van der Waals surface area contributed by atoms with E-state index in [1.165, 1.54) is 0 Å². The van der Waals surface area contributed by atoms with Crippen molar-refractivity contribution in [2.45, 2.75) is 18.6 Å². The third-order valence-corrected chi connectivity index (χ3v) is 2.40. The fraction of sp³-hybridized carbons (Fsp3) is 0.571. The molecule has 0 aromatic carbocycles. The lowest BCUT2D eigenvalue weighted by Gasteiger charge is -2.16. The van der Waals surface area contributed by atoms with Crippen molar-refractivity contribution < 1.29 is 9.53 Å². The highest BCUT2D eigenvalue weighted by atomic mass is 32.2. The van der Waals surface area contributed by atoms with Gasteiger partial charge in [-0.1, -0.05) is 0 Å². The number of hydrogen-bond donors (Lipinski definition) is 2. The summed E-state index contributed by atoms with van der Waals surface area (Å²) < 4.78 is 4.30. The van der Waals surface area contributed by atoms with Crippen molar-refractivity contribution in [3.63, 3.8) is 0 Å². The van der Waals surface area contributed by atoms with Crippen LogP contribution in [-0.4, -0.2) is 17.1 Å². The highest BCUT2D eigenvalue weighted by Gasteiger charge is 2.14. The quantitative estimate of drug-likeness (QED) is 0.651. The van der Waals surface area contributed by atoms with Gasteiger partial charge < -0.3 is 16.2 Å². The predicted octanol–water partition coefficient (Wildman–Crippen LogP) is 1.02. The zero-order chi connectivity index (χ0) is 9.78. The molecule has 0 unspecified atom stereocenters. The Morgan fingerprint density at radius 1 is 1.50 bits per heavy atom. The molecule has 4 N–H and O–H groups in total. The Labute approximate surface area is 76.3 Å². The summed E-state index contributed by atoms with van der Waals surface area (Å²) in [6.07, 6.45) is 2.69. The minimum Gasteiger partial charge on any atom is -0.394 e. The van der Waals surface area contributed by atoms with Gasteiger partial charge in [-0.25, -0.2) is 4.79 Å². The molecular formula is C7H14N2O2S. The molecule has 0 aliphatic carbocycles. The van der Waals surface area contributed by atoms with E-state index in [0.29, 0.717) is 0 Å². The Morgan fingerprint density at radius 3 is 2.33 bits per heavy atom. The normalized spacial score (nSPS) is 12.8. The summed E-state index contributed by atoms with van der Waals surface area (Å²) in [6, 6.07) is 0. The third kappa shape index (κ3) is 4.90. The average Bonchev–Trinajstić information content (AvgIpc) is 1.84. The highest BCUT2D eigenvalue weighted by molar-refractivity contribution is 8.00. The first-order valence-electron chi connectivity index (χ1n) is 3.38. The smallest absolute Gasteiger partial charge is 0.394 e. The minimum absolute atomic E-state index is 0.0434. The number of carbonyl (C=O) groups is 1. The molecule has 0 aromatic heterocycles. The van der Waals surface area contributed by atoms with E-state index >= 15 is 0 Å². The van der Waals surface area contributed by atoms with E-state index in [-0.39, 0.29) is 10.6 Å². The topological polar surface area (TPSA) is 78.3 Å². The van der Waals surface area contributed by atoms with Gasteiger partial charge in [0.1, 0.15) is 0 Å². The molecule has 0 aliphatic heterocycles. The Hall–Kier alpha value is -0.840. The Balaban J connectivity index is 4.24. The van der Waals surface area contributed by atoms with Crippen LogP contribution < -0.4 is 11.5 Å². The first-order valence-corrected chi connectivity index (χ1v) is 4.60. The molecule has 5 heteroatoms. The Kier molecular flexibility index (Phi) is 3.95. The van der Waals surface area contributed by atoms with Crippen molar-refractivity contribution in [3.8, 4) is 0 Å². The van der Waals surface area contributed by atoms with E-state index in [1.807, 2.05) is 20.1 Å². The standard InChI is InChI=1S/C7H14N2O2S/c1-7(2,12-3)4-5(8)11-6(9)10/h4H,8H2,1-3H3,(H2,9,10). The van der Waals surface area contributed by atoms with Gasteiger partial charge in [-0.05, 0) is 26.2 Å². The van der Waals surface area contributed by atoms with Gasteiger partial charge in [0, 0.05) is 4.75 Å². The molecule has 0 rings (SSSR count). The van der Waals surface area contributed by atoms with Crippen molar-refractivity contribution in [2.24, 2.45) is 11.5 Å². The molecule has 0 saturated carbocycles. The fourth-order valence-electron chi connectivity index (χ4n) is 0.547. The molecule has 0 aliphatic rings. The maximum absolute atomic E-state index is 10.3. The van der Waals surface area contributed by atoms with Gasteiger partial charge in [0.05, 0.1) is 0 Å². The monoisotopic (exact) mass is 190 g/mol. The molecule has 0 spiro atoms. The van der Waals surface area contributed by atoms with Crippen LogP contribution in [0.25, 0.3) is 0 Å². The minimum atomic E-state index is -0.888. The molecular weight excluding hydrogens is 176 g/mol. The summed E-state index contributed by atoms with van der Waals surface area (Å²) in [5, 5.41) is 0. The molecule has 12 heavy (non-hydrogen) atoms. The molecule has 1 amide bonds. The van der Waals surface area contributed by atoms with Crippen LogP contribution in [0.2, 0.25) is 0 Å². The molecule has 70 valence electrons. The summed E-state index contributed by atoms with van der Waals surface area (Å²) >= 11 is 1.59. The largest absolute Gasteiger partial charge is 0.411 e. The Morgan fingerprint density at radius 2 is 2.00 bits per heavy atom. The summed E-state index contributed by atoms with van der Waals surface area (Å²) in [6.45, 7) is 3.91. The molecule has 0 radical (unpaired) electrons. The summed E-state index contributed by atoms with van der Waals surface area (Å²) in [4.78, 5) is 10.3. The van der Waals surface area contributed by atoms with E-state index in [9.17, 15) is 4.79 Å². The van der Waals surface area contributed by atoms with Gasteiger partial charge in [0.2, 0.25) is 0 Å². The molecule has 0 aromatic rings. The number of hydrogen-bond acceptors (Lipinski definition) is 4. The molecule has 4 nitrogen and oxygen atoms in total. The number of carbonyl (C=O) groups excluding carboxylic acids is 1. The van der Waals surface area contributed by atoms with Crippen LogP contribution in [0, 0.1) is 0 Å². The van der Waals surface area contributed by atoms with Crippen LogP contribution in [0.3, 0.4) is 0 Å². The number of rotatable bonds is 3. The number of primary amides is 1. The van der Waals surface area contributed by atoms with E-state index in [4.69, 9.17) is 11.5 Å². The zero-order valence-corrected chi connectivity index (χ0v) is 8.27. The van der Waals surface area contributed by atoms with Crippen molar-refractivity contribution in [1.29, 1.82) is 0 Å². The summed E-state index contributed by atoms with van der Waals surface area (Å²) in [5.41, 5.74) is 10.1. The number of thioether (sulfide) groups is 1. The lowest BCUT2D eigenvalue weighted by Crippen LogP contribution is -2.20. The Bertz CT molecular complexity index is 202. The van der Waals surface area contributed by atoms with E-state index in [1.54, 1.807) is 17.8 Å². The van der Waals surface area contributed by atoms with Gasteiger partial charge in [0.15, 0.2) is 5.88 Å². The molecule has 0 fully saturated rings. The average molecular weight is 190 g/mol. The number of nitrogens with two attached hydrogens (primary N) is 2. The van der Waals surface area contributed by atoms with Crippen LogP contribution in [0.5, 0.6) is 0 Å². The second kappa shape index (κ2) is 4.25. The first kappa shape index (κ1) is 11.2. The fourth-order valence-corrected chi connectivity index (χ4v) is 0.781. The van der Waals surface area contributed by atoms with Crippen molar-refractivity contribution in [3.05, 3.63) is 12.0 Å². The zero-order valence-electron chi connectivity index (χ0n) is 7.46. The van der Waals surface area contributed by atoms with Gasteiger partial charge >= 0.3 is 6.09 Å². The second-order valence-corrected chi connectivity index (χ2v) is 4.24. The molecule has 0 heterocycles. The SMILES string of the molecule is CSC(C)(C)C=C(N)OC(N)=O. The van der Waals surface area contributed by atoms with Gasteiger partial charge in [-0.15, -0.1) is 0 Å². The number of amides is 1. The van der Waals surface area contributed by atoms with Crippen LogP contribution in [0.15, 0.2) is 12.0 Å². The van der Waals surface area contributed by atoms with Gasteiger partial charge in [-0.3, -0.25) is 0 Å². The first-order chi connectivity index (χ1) is 5.37. The summed E-state index contributed by atoms with van der Waals surface area (Å²) in [5.74, 6) is 0.0434. The van der Waals surface area contributed by atoms with E-state index in [0.717, 1.165) is 0 Å². The molecule has 0 atom stereocenters. The van der Waals surface area contributed by atoms with Gasteiger partial charge in [0.25, 0.3) is 0 Å². The van der Waals surface area contributed by atoms with Crippen LogP contribution in [0.1, 0.15) is 13.8 Å².